The van der Waals surface area contributed by atoms with Gasteiger partial charge in [0.1, 0.15) is 5.01 Å². The molecule has 0 fully saturated rings. The molecule has 0 aliphatic heterocycles. The summed E-state index contributed by atoms with van der Waals surface area (Å²) in [6.45, 7) is 14.1. The second kappa shape index (κ2) is 10.9. The molecule has 0 aliphatic carbocycles. The number of aryl methyl sites for hydroxylation is 1. The van der Waals surface area contributed by atoms with Crippen molar-refractivity contribution in [3.63, 3.8) is 0 Å². The van der Waals surface area contributed by atoms with E-state index in [1.165, 1.54) is 11.3 Å². The van der Waals surface area contributed by atoms with Gasteiger partial charge in [-0.3, -0.25) is 9.59 Å². The predicted molar refractivity (Wildman–Crippen MR) is 113 cm³/mol. The van der Waals surface area contributed by atoms with Crippen molar-refractivity contribution < 1.29 is 9.59 Å². The number of thiazole rings is 1. The van der Waals surface area contributed by atoms with Gasteiger partial charge in [0.15, 0.2) is 5.78 Å². The number of nitrogens with two attached hydrogens (primary N) is 1. The van der Waals surface area contributed by atoms with Crippen LogP contribution in [-0.2, 0) is 4.79 Å². The summed E-state index contributed by atoms with van der Waals surface area (Å²) in [5, 5.41) is 3.71. The summed E-state index contributed by atoms with van der Waals surface area (Å²) in [6, 6.07) is -0.787. The van der Waals surface area contributed by atoms with Gasteiger partial charge in [0.2, 0.25) is 5.91 Å². The average Bonchev–Trinajstić information content (AvgIpc) is 3.01. The monoisotopic (exact) mass is 395 g/mol. The summed E-state index contributed by atoms with van der Waals surface area (Å²) < 4.78 is 0. The Morgan fingerprint density at radius 3 is 2.33 bits per heavy atom. The quantitative estimate of drug-likeness (QED) is 0.534. The van der Waals surface area contributed by atoms with Crippen LogP contribution in [0, 0.1) is 24.7 Å². The summed E-state index contributed by atoms with van der Waals surface area (Å²) in [5.74, 6) is 0.480. The highest BCUT2D eigenvalue weighted by atomic mass is 32.1. The Labute approximate surface area is 168 Å². The Balaban J connectivity index is 2.92. The number of nitrogens with one attached hydrogen (secondary N) is 1. The van der Waals surface area contributed by atoms with Crippen LogP contribution in [-0.4, -0.2) is 22.7 Å². The fraction of sp³-hybridized carbons (Fsp3) is 0.762. The van der Waals surface area contributed by atoms with Crippen LogP contribution in [0.1, 0.15) is 93.6 Å². The third-order valence-electron chi connectivity index (χ3n) is 5.34. The van der Waals surface area contributed by atoms with Gasteiger partial charge in [-0.15, -0.1) is 11.3 Å². The van der Waals surface area contributed by atoms with E-state index in [0.717, 1.165) is 41.3 Å². The predicted octanol–water partition coefficient (Wildman–Crippen LogP) is 4.65. The number of hydrogen-bond donors (Lipinski definition) is 2. The molecule has 0 saturated carbocycles. The highest BCUT2D eigenvalue weighted by Crippen LogP contribution is 2.30. The number of ketones is 1. The van der Waals surface area contributed by atoms with Gasteiger partial charge in [-0.1, -0.05) is 53.9 Å². The zero-order chi connectivity index (χ0) is 20.7. The maximum Gasteiger partial charge on any atom is 0.237 e. The zero-order valence-electron chi connectivity index (χ0n) is 18.0. The molecule has 0 bridgehead atoms. The molecule has 1 amide bonds. The summed E-state index contributed by atoms with van der Waals surface area (Å²) >= 11 is 1.41. The fourth-order valence-electron chi connectivity index (χ4n) is 3.07. The van der Waals surface area contributed by atoms with E-state index in [1.54, 1.807) is 0 Å². The van der Waals surface area contributed by atoms with Gasteiger partial charge in [0.25, 0.3) is 0 Å². The van der Waals surface area contributed by atoms with E-state index in [1.807, 2.05) is 27.7 Å². The van der Waals surface area contributed by atoms with Crippen LogP contribution in [0.3, 0.4) is 0 Å². The molecule has 0 radical (unpaired) electrons. The number of carbonyl (C=O) groups is 2. The van der Waals surface area contributed by atoms with Crippen molar-refractivity contribution in [2.75, 3.05) is 0 Å². The zero-order valence-corrected chi connectivity index (χ0v) is 18.8. The molecule has 0 spiro atoms. The number of rotatable bonds is 11. The summed E-state index contributed by atoms with van der Waals surface area (Å²) in [6.07, 6.45) is 3.91. The van der Waals surface area contributed by atoms with Gasteiger partial charge in [-0.05, 0) is 32.1 Å². The Bertz CT molecular complexity index is 627. The average molecular weight is 396 g/mol. The Hall–Kier alpha value is -1.27. The van der Waals surface area contributed by atoms with Crippen LogP contribution in [0.25, 0.3) is 0 Å². The minimum atomic E-state index is -0.529. The number of Topliss-reactive ketones (excluding diaryl/α,β-unsaturated/α-hetero) is 1. The molecule has 3 N–H and O–H groups in total. The number of hydrogen-bond acceptors (Lipinski definition) is 5. The number of carbonyl (C=O) groups excluding carboxylic acids is 2. The largest absolute Gasteiger partial charge is 0.346 e. The maximum absolute atomic E-state index is 13.1. The molecule has 1 heterocycles. The summed E-state index contributed by atoms with van der Waals surface area (Å²) in [7, 11) is 0. The van der Waals surface area contributed by atoms with E-state index in [2.05, 4.69) is 31.1 Å². The normalized spacial score (nSPS) is 16.0. The molecule has 27 heavy (non-hydrogen) atoms. The third-order valence-corrected chi connectivity index (χ3v) is 6.69. The molecule has 6 heteroatoms. The molecule has 0 aliphatic rings. The van der Waals surface area contributed by atoms with Crippen LogP contribution < -0.4 is 11.1 Å². The highest BCUT2D eigenvalue weighted by molar-refractivity contribution is 7.14. The number of amides is 1. The van der Waals surface area contributed by atoms with Gasteiger partial charge in [-0.2, -0.15) is 0 Å². The smallest absolute Gasteiger partial charge is 0.237 e. The molecular weight excluding hydrogens is 358 g/mol. The van der Waals surface area contributed by atoms with Crippen molar-refractivity contribution >= 4 is 23.0 Å². The molecule has 2 unspecified atom stereocenters. The SMILES string of the molecule is CCCCC(C(=O)c1sc(C(C)NC(=O)[C@H](N)[C@@H](C)CC)nc1C)C(C)C. The Morgan fingerprint density at radius 2 is 1.81 bits per heavy atom. The molecule has 1 rings (SSSR count). The van der Waals surface area contributed by atoms with E-state index >= 15 is 0 Å². The molecule has 1 aromatic heterocycles. The first-order chi connectivity index (χ1) is 12.6. The van der Waals surface area contributed by atoms with Gasteiger partial charge >= 0.3 is 0 Å². The van der Waals surface area contributed by atoms with E-state index in [4.69, 9.17) is 5.73 Å². The number of aromatic nitrogens is 1. The third kappa shape index (κ3) is 6.39. The summed E-state index contributed by atoms with van der Waals surface area (Å²) in [5.41, 5.74) is 6.78. The van der Waals surface area contributed by atoms with E-state index in [-0.39, 0.29) is 29.6 Å². The standard InChI is InChI=1S/C21H37N3O2S/c1-8-10-11-16(12(3)4)18(25)19-14(6)24-21(27-19)15(7)23-20(26)17(22)13(5)9-2/h12-13,15-17H,8-11,22H2,1-7H3,(H,23,26)/t13-,15?,16?,17+/m0/s1. The molecule has 5 nitrogen and oxygen atoms in total. The van der Waals surface area contributed by atoms with Crippen LogP contribution in [0.2, 0.25) is 0 Å². The van der Waals surface area contributed by atoms with Crippen LogP contribution in [0.5, 0.6) is 0 Å². The van der Waals surface area contributed by atoms with Gasteiger partial charge in [-0.25, -0.2) is 4.98 Å². The lowest BCUT2D eigenvalue weighted by molar-refractivity contribution is -0.124. The van der Waals surface area contributed by atoms with Gasteiger partial charge < -0.3 is 11.1 Å². The Morgan fingerprint density at radius 1 is 1.19 bits per heavy atom. The minimum Gasteiger partial charge on any atom is -0.346 e. The van der Waals surface area contributed by atoms with Gasteiger partial charge in [0.05, 0.1) is 22.7 Å². The van der Waals surface area contributed by atoms with Crippen LogP contribution >= 0.6 is 11.3 Å². The first kappa shape index (κ1) is 23.8. The van der Waals surface area contributed by atoms with Gasteiger partial charge in [0, 0.05) is 5.92 Å². The van der Waals surface area contributed by atoms with Crippen molar-refractivity contribution in [1.82, 2.24) is 10.3 Å². The van der Waals surface area contributed by atoms with Crippen molar-refractivity contribution in [3.8, 4) is 0 Å². The minimum absolute atomic E-state index is 0.0284. The van der Waals surface area contributed by atoms with E-state index in [9.17, 15) is 9.59 Å². The highest BCUT2D eigenvalue weighted by Gasteiger charge is 2.28. The molecular formula is C21H37N3O2S. The number of nitrogens with zero attached hydrogens (tertiary/aromatic N) is 1. The van der Waals surface area contributed by atoms with Crippen molar-refractivity contribution in [2.45, 2.75) is 86.2 Å². The number of unbranched alkanes of at least 4 members (excludes halogenated alkanes) is 1. The second-order valence-corrected chi connectivity index (χ2v) is 9.00. The molecule has 0 saturated heterocycles. The second-order valence-electron chi connectivity index (χ2n) is 7.97. The summed E-state index contributed by atoms with van der Waals surface area (Å²) in [4.78, 5) is 30.7. The molecule has 4 atom stereocenters. The molecule has 1 aromatic rings. The topological polar surface area (TPSA) is 85.1 Å². The van der Waals surface area contributed by atoms with E-state index < -0.39 is 6.04 Å². The van der Waals surface area contributed by atoms with Crippen molar-refractivity contribution in [3.05, 3.63) is 15.6 Å². The Kier molecular flexibility index (Phi) is 9.60. The first-order valence-electron chi connectivity index (χ1n) is 10.2. The molecule has 154 valence electrons. The van der Waals surface area contributed by atoms with Crippen LogP contribution in [0.15, 0.2) is 0 Å². The lowest BCUT2D eigenvalue weighted by Crippen LogP contribution is -2.45. The fourth-order valence-corrected chi connectivity index (χ4v) is 4.15. The lowest BCUT2D eigenvalue weighted by Gasteiger charge is -2.20. The van der Waals surface area contributed by atoms with Crippen molar-refractivity contribution in [1.29, 1.82) is 0 Å². The first-order valence-corrected chi connectivity index (χ1v) is 11.0. The molecule has 0 aromatic carbocycles. The maximum atomic E-state index is 13.1. The lowest BCUT2D eigenvalue weighted by atomic mass is 9.86. The van der Waals surface area contributed by atoms with E-state index in [0.29, 0.717) is 5.92 Å². The van der Waals surface area contributed by atoms with Crippen molar-refractivity contribution in [2.24, 2.45) is 23.5 Å². The van der Waals surface area contributed by atoms with Crippen LogP contribution in [0.4, 0.5) is 0 Å².